The molecule has 0 bridgehead atoms. The van der Waals surface area contributed by atoms with Gasteiger partial charge in [-0.3, -0.25) is 14.4 Å². The molecule has 2 saturated heterocycles. The predicted molar refractivity (Wildman–Crippen MR) is 140 cm³/mol. The van der Waals surface area contributed by atoms with Gasteiger partial charge in [0.15, 0.2) is 0 Å². The fourth-order valence-corrected chi connectivity index (χ4v) is 5.04. The average Bonchev–Trinajstić information content (AvgIpc) is 3.18. The Morgan fingerprint density at radius 1 is 1.00 bits per heavy atom. The minimum atomic E-state index is -0.778. The van der Waals surface area contributed by atoms with E-state index < -0.39 is 5.54 Å². The molecule has 9 nitrogen and oxygen atoms in total. The van der Waals surface area contributed by atoms with Crippen molar-refractivity contribution in [3.63, 3.8) is 0 Å². The van der Waals surface area contributed by atoms with Crippen molar-refractivity contribution in [2.75, 3.05) is 58.1 Å². The summed E-state index contributed by atoms with van der Waals surface area (Å²) in [6.07, 6.45) is 1.71. The zero-order valence-corrected chi connectivity index (χ0v) is 21.4. The van der Waals surface area contributed by atoms with Gasteiger partial charge < -0.3 is 29.5 Å². The molecule has 0 atom stereocenters. The first kappa shape index (κ1) is 26.6. The Hall–Kier alpha value is -3.43. The van der Waals surface area contributed by atoms with Crippen molar-refractivity contribution >= 4 is 23.4 Å². The summed E-state index contributed by atoms with van der Waals surface area (Å²) in [5.74, 6) is -0.316. The Morgan fingerprint density at radius 3 is 2.35 bits per heavy atom. The molecular weight excluding hydrogens is 472 g/mol. The fraction of sp³-hybridized carbons (Fsp3) is 0.464. The van der Waals surface area contributed by atoms with Crippen LogP contribution in [0.5, 0.6) is 0 Å². The largest absolute Gasteiger partial charge is 0.385 e. The Kier molecular flexibility index (Phi) is 9.14. The molecule has 2 heterocycles. The number of likely N-dealkylation sites (tertiary alicyclic amines) is 1. The van der Waals surface area contributed by atoms with Gasteiger partial charge >= 0.3 is 0 Å². The highest BCUT2D eigenvalue weighted by Gasteiger charge is 2.54. The van der Waals surface area contributed by atoms with Gasteiger partial charge in [-0.05, 0) is 37.0 Å². The third kappa shape index (κ3) is 6.47. The first-order chi connectivity index (χ1) is 18.0. The SMILES string of the molecule is COCCCNC(=O)CN1CN(c2ccccc2)C2(CCN(C(=O)COCc3ccccc3)CC2)C1=O. The highest BCUT2D eigenvalue weighted by Crippen LogP contribution is 2.39. The molecule has 2 aromatic carbocycles. The van der Waals surface area contributed by atoms with Crippen LogP contribution in [-0.4, -0.2) is 86.2 Å². The number of carbonyl (C=O) groups is 3. The molecule has 1 N–H and O–H groups in total. The molecule has 4 rings (SSSR count). The molecular formula is C28H36N4O5. The van der Waals surface area contributed by atoms with Crippen LogP contribution in [0.3, 0.4) is 0 Å². The smallest absolute Gasteiger partial charge is 0.250 e. The van der Waals surface area contributed by atoms with Gasteiger partial charge in [0.05, 0.1) is 13.3 Å². The van der Waals surface area contributed by atoms with Crippen molar-refractivity contribution in [1.82, 2.24) is 15.1 Å². The molecule has 37 heavy (non-hydrogen) atoms. The molecule has 198 valence electrons. The van der Waals surface area contributed by atoms with Gasteiger partial charge in [-0.1, -0.05) is 48.5 Å². The molecule has 0 radical (unpaired) electrons. The standard InChI is InChI=1S/C28H36N4O5/c1-36-18-8-15-29-25(33)19-31-22-32(24-11-6-3-7-12-24)28(27(31)35)13-16-30(17-14-28)26(34)21-37-20-23-9-4-2-5-10-23/h2-7,9-12H,8,13-22H2,1H3,(H,29,33). The minimum Gasteiger partial charge on any atom is -0.385 e. The maximum Gasteiger partial charge on any atom is 0.250 e. The van der Waals surface area contributed by atoms with E-state index in [0.717, 1.165) is 17.7 Å². The van der Waals surface area contributed by atoms with E-state index in [1.54, 1.807) is 16.9 Å². The fourth-order valence-electron chi connectivity index (χ4n) is 5.04. The molecule has 2 aromatic rings. The van der Waals surface area contributed by atoms with E-state index >= 15 is 0 Å². The summed E-state index contributed by atoms with van der Waals surface area (Å²) in [7, 11) is 1.62. The van der Waals surface area contributed by atoms with Crippen LogP contribution in [0.4, 0.5) is 5.69 Å². The summed E-state index contributed by atoms with van der Waals surface area (Å²) >= 11 is 0. The van der Waals surface area contributed by atoms with Crippen LogP contribution >= 0.6 is 0 Å². The molecule has 0 aliphatic carbocycles. The molecule has 0 unspecified atom stereocenters. The maximum atomic E-state index is 13.7. The number of hydrogen-bond donors (Lipinski definition) is 1. The second kappa shape index (κ2) is 12.7. The normalized spacial score (nSPS) is 16.9. The van der Waals surface area contributed by atoms with Crippen molar-refractivity contribution < 1.29 is 23.9 Å². The highest BCUT2D eigenvalue weighted by atomic mass is 16.5. The van der Waals surface area contributed by atoms with Gasteiger partial charge in [0, 0.05) is 39.0 Å². The zero-order valence-electron chi connectivity index (χ0n) is 21.4. The molecule has 0 saturated carbocycles. The summed E-state index contributed by atoms with van der Waals surface area (Å²) in [4.78, 5) is 44.6. The number of rotatable bonds is 11. The lowest BCUT2D eigenvalue weighted by molar-refractivity contribution is -0.142. The Bertz CT molecular complexity index is 1040. The second-order valence-corrected chi connectivity index (χ2v) is 9.50. The lowest BCUT2D eigenvalue weighted by atomic mass is 9.85. The van der Waals surface area contributed by atoms with E-state index in [1.165, 1.54) is 0 Å². The molecule has 1 spiro atoms. The first-order valence-corrected chi connectivity index (χ1v) is 12.8. The number of nitrogens with zero attached hydrogens (tertiary/aromatic N) is 3. The van der Waals surface area contributed by atoms with Gasteiger partial charge in [-0.25, -0.2) is 0 Å². The lowest BCUT2D eigenvalue weighted by Crippen LogP contribution is -2.57. The van der Waals surface area contributed by atoms with Crippen molar-refractivity contribution in [2.45, 2.75) is 31.4 Å². The Morgan fingerprint density at radius 2 is 1.68 bits per heavy atom. The zero-order chi connectivity index (χ0) is 26.1. The van der Waals surface area contributed by atoms with E-state index in [-0.39, 0.29) is 30.9 Å². The van der Waals surface area contributed by atoms with E-state index in [1.807, 2.05) is 60.7 Å². The van der Waals surface area contributed by atoms with Gasteiger partial charge in [-0.2, -0.15) is 0 Å². The van der Waals surface area contributed by atoms with Crippen LogP contribution in [0.1, 0.15) is 24.8 Å². The van der Waals surface area contributed by atoms with Crippen LogP contribution in [0, 0.1) is 0 Å². The number of benzene rings is 2. The third-order valence-electron chi connectivity index (χ3n) is 7.04. The lowest BCUT2D eigenvalue weighted by Gasteiger charge is -2.43. The molecule has 3 amide bonds. The van der Waals surface area contributed by atoms with E-state index in [0.29, 0.717) is 52.4 Å². The molecule has 2 aliphatic heterocycles. The van der Waals surface area contributed by atoms with Crippen molar-refractivity contribution in [1.29, 1.82) is 0 Å². The molecule has 0 aromatic heterocycles. The van der Waals surface area contributed by atoms with Gasteiger partial charge in [0.25, 0.3) is 5.91 Å². The monoisotopic (exact) mass is 508 g/mol. The first-order valence-electron chi connectivity index (χ1n) is 12.8. The Balaban J connectivity index is 1.37. The van der Waals surface area contributed by atoms with Crippen LogP contribution in [-0.2, 0) is 30.5 Å². The number of carbonyl (C=O) groups excluding carboxylic acids is 3. The highest BCUT2D eigenvalue weighted by molar-refractivity contribution is 5.96. The van der Waals surface area contributed by atoms with Crippen molar-refractivity contribution in [3.05, 3.63) is 66.2 Å². The van der Waals surface area contributed by atoms with Gasteiger partial charge in [-0.15, -0.1) is 0 Å². The maximum absolute atomic E-state index is 13.7. The minimum absolute atomic E-state index is 0.00682. The Labute approximate surface area is 218 Å². The van der Waals surface area contributed by atoms with E-state index in [2.05, 4.69) is 10.2 Å². The van der Waals surface area contributed by atoms with Crippen LogP contribution in [0.2, 0.25) is 0 Å². The molecule has 2 fully saturated rings. The third-order valence-corrected chi connectivity index (χ3v) is 7.04. The van der Waals surface area contributed by atoms with Crippen LogP contribution in [0.25, 0.3) is 0 Å². The summed E-state index contributed by atoms with van der Waals surface area (Å²) in [5.41, 5.74) is 1.18. The quantitative estimate of drug-likeness (QED) is 0.467. The number of anilines is 1. The number of para-hydroxylation sites is 1. The van der Waals surface area contributed by atoms with Crippen molar-refractivity contribution in [2.24, 2.45) is 0 Å². The van der Waals surface area contributed by atoms with Crippen LogP contribution in [0.15, 0.2) is 60.7 Å². The number of hydrogen-bond acceptors (Lipinski definition) is 6. The summed E-state index contributed by atoms with van der Waals surface area (Å²) in [5, 5.41) is 2.87. The van der Waals surface area contributed by atoms with Crippen molar-refractivity contribution in [3.8, 4) is 0 Å². The predicted octanol–water partition coefficient (Wildman–Crippen LogP) is 2.02. The number of piperidine rings is 1. The summed E-state index contributed by atoms with van der Waals surface area (Å²) in [6, 6.07) is 19.6. The summed E-state index contributed by atoms with van der Waals surface area (Å²) in [6.45, 7) is 2.72. The average molecular weight is 509 g/mol. The van der Waals surface area contributed by atoms with Gasteiger partial charge in [0.2, 0.25) is 11.8 Å². The van der Waals surface area contributed by atoms with Gasteiger partial charge in [0.1, 0.15) is 18.7 Å². The molecule has 9 heteroatoms. The number of nitrogens with one attached hydrogen (secondary N) is 1. The van der Waals surface area contributed by atoms with E-state index in [4.69, 9.17) is 9.47 Å². The number of ether oxygens (including phenoxy) is 2. The molecule has 2 aliphatic rings. The second-order valence-electron chi connectivity index (χ2n) is 9.50. The van der Waals surface area contributed by atoms with Crippen LogP contribution < -0.4 is 10.2 Å². The topological polar surface area (TPSA) is 91.4 Å². The van der Waals surface area contributed by atoms with E-state index in [9.17, 15) is 14.4 Å². The number of methoxy groups -OCH3 is 1. The number of amides is 3. The summed E-state index contributed by atoms with van der Waals surface area (Å²) < 4.78 is 10.7.